The Morgan fingerprint density at radius 1 is 1.19 bits per heavy atom. The van der Waals surface area contributed by atoms with E-state index in [4.69, 9.17) is 9.84 Å². The third kappa shape index (κ3) is 2.53. The lowest BCUT2D eigenvalue weighted by Gasteiger charge is -2.10. The Balaban J connectivity index is 2.01. The molecule has 1 N–H and O–H groups in total. The maximum Gasteiger partial charge on any atom is 0.337 e. The van der Waals surface area contributed by atoms with Crippen molar-refractivity contribution in [2.24, 2.45) is 0 Å². The third-order valence-electron chi connectivity index (χ3n) is 3.09. The average molecular weight is 280 g/mol. The fraction of sp³-hybridized carbons (Fsp3) is 0.0625. The molecule has 3 rings (SSSR count). The second kappa shape index (κ2) is 5.20. The monoisotopic (exact) mass is 280 g/mol. The minimum absolute atomic E-state index is 0.138. The first kappa shape index (κ1) is 13.1. The first-order chi connectivity index (χ1) is 10.1. The topological polar surface area (TPSA) is 72.3 Å². The van der Waals surface area contributed by atoms with Gasteiger partial charge in [-0.15, -0.1) is 0 Å². The van der Waals surface area contributed by atoms with Gasteiger partial charge >= 0.3 is 5.97 Å². The summed E-state index contributed by atoms with van der Waals surface area (Å²) in [6.07, 6.45) is 3.01. The fourth-order valence-electron chi connectivity index (χ4n) is 2.05. The normalized spacial score (nSPS) is 10.5. The van der Waals surface area contributed by atoms with Crippen molar-refractivity contribution in [1.29, 1.82) is 0 Å². The van der Waals surface area contributed by atoms with Crippen LogP contribution in [0.15, 0.2) is 48.8 Å². The molecule has 0 bridgehead atoms. The zero-order valence-corrected chi connectivity index (χ0v) is 11.3. The standard InChI is InChI=1S/C16H12N2O3/c1-10-8-11(16(19)20)9-18-15(10)21-14-6-2-5-13-12(14)4-3-7-17-13/h2-9H,1H3,(H,19,20). The lowest BCUT2D eigenvalue weighted by molar-refractivity contribution is 0.0696. The Bertz CT molecular complexity index is 825. The van der Waals surface area contributed by atoms with E-state index in [0.717, 1.165) is 10.9 Å². The van der Waals surface area contributed by atoms with Crippen molar-refractivity contribution in [3.63, 3.8) is 0 Å². The number of nitrogens with zero attached hydrogens (tertiary/aromatic N) is 2. The highest BCUT2D eigenvalue weighted by atomic mass is 16.5. The van der Waals surface area contributed by atoms with Crippen LogP contribution in [0.5, 0.6) is 11.6 Å². The van der Waals surface area contributed by atoms with Gasteiger partial charge in [0.15, 0.2) is 0 Å². The molecule has 0 amide bonds. The van der Waals surface area contributed by atoms with Crippen LogP contribution in [0, 0.1) is 6.92 Å². The molecular weight excluding hydrogens is 268 g/mol. The molecule has 0 aliphatic carbocycles. The van der Waals surface area contributed by atoms with E-state index in [1.54, 1.807) is 13.1 Å². The average Bonchev–Trinajstić information content (AvgIpc) is 2.49. The molecule has 5 nitrogen and oxygen atoms in total. The van der Waals surface area contributed by atoms with Crippen LogP contribution in [0.3, 0.4) is 0 Å². The van der Waals surface area contributed by atoms with E-state index in [-0.39, 0.29) is 5.56 Å². The molecule has 0 fully saturated rings. The van der Waals surface area contributed by atoms with Crippen molar-refractivity contribution < 1.29 is 14.6 Å². The van der Waals surface area contributed by atoms with Crippen LogP contribution in [0.25, 0.3) is 10.9 Å². The SMILES string of the molecule is Cc1cc(C(=O)O)cnc1Oc1cccc2ncccc12. The predicted molar refractivity (Wildman–Crippen MR) is 77.8 cm³/mol. The highest BCUT2D eigenvalue weighted by Gasteiger charge is 2.10. The van der Waals surface area contributed by atoms with Crippen molar-refractivity contribution in [2.45, 2.75) is 6.92 Å². The van der Waals surface area contributed by atoms with Gasteiger partial charge in [0.2, 0.25) is 5.88 Å². The van der Waals surface area contributed by atoms with Gasteiger partial charge in [-0.3, -0.25) is 4.98 Å². The van der Waals surface area contributed by atoms with Gasteiger partial charge < -0.3 is 9.84 Å². The maximum absolute atomic E-state index is 10.9. The summed E-state index contributed by atoms with van der Waals surface area (Å²) in [4.78, 5) is 19.3. The molecule has 5 heteroatoms. The number of pyridine rings is 2. The van der Waals surface area contributed by atoms with Crippen molar-refractivity contribution >= 4 is 16.9 Å². The van der Waals surface area contributed by atoms with Crippen molar-refractivity contribution in [3.05, 3.63) is 59.9 Å². The molecule has 0 radical (unpaired) electrons. The Morgan fingerprint density at radius 3 is 2.81 bits per heavy atom. The van der Waals surface area contributed by atoms with Crippen LogP contribution in [-0.2, 0) is 0 Å². The number of hydrogen-bond donors (Lipinski definition) is 1. The van der Waals surface area contributed by atoms with Gasteiger partial charge in [-0.2, -0.15) is 0 Å². The number of aromatic nitrogens is 2. The first-order valence-corrected chi connectivity index (χ1v) is 6.36. The Kier molecular flexibility index (Phi) is 3.23. The molecule has 2 aromatic heterocycles. The number of carbonyl (C=O) groups is 1. The molecule has 21 heavy (non-hydrogen) atoms. The molecule has 0 aliphatic heterocycles. The van der Waals surface area contributed by atoms with Crippen LogP contribution in [-0.4, -0.2) is 21.0 Å². The second-order valence-electron chi connectivity index (χ2n) is 4.58. The van der Waals surface area contributed by atoms with E-state index in [9.17, 15) is 4.79 Å². The van der Waals surface area contributed by atoms with Gasteiger partial charge in [0, 0.05) is 23.3 Å². The molecule has 2 heterocycles. The van der Waals surface area contributed by atoms with E-state index in [1.165, 1.54) is 12.3 Å². The number of hydrogen-bond acceptors (Lipinski definition) is 4. The molecule has 0 atom stereocenters. The molecule has 0 spiro atoms. The number of fused-ring (bicyclic) bond motifs is 1. The fourth-order valence-corrected chi connectivity index (χ4v) is 2.05. The van der Waals surface area contributed by atoms with Crippen LogP contribution in [0.4, 0.5) is 0 Å². The maximum atomic E-state index is 10.9. The number of rotatable bonds is 3. The summed E-state index contributed by atoms with van der Waals surface area (Å²) >= 11 is 0. The zero-order valence-electron chi connectivity index (χ0n) is 11.3. The third-order valence-corrected chi connectivity index (χ3v) is 3.09. The molecule has 0 saturated carbocycles. The molecule has 0 unspecified atom stereocenters. The number of benzene rings is 1. The zero-order chi connectivity index (χ0) is 14.8. The largest absolute Gasteiger partial charge is 0.478 e. The highest BCUT2D eigenvalue weighted by molar-refractivity contribution is 5.87. The summed E-state index contributed by atoms with van der Waals surface area (Å²) in [6.45, 7) is 1.76. The molecule has 0 aliphatic rings. The first-order valence-electron chi connectivity index (χ1n) is 6.36. The van der Waals surface area contributed by atoms with Crippen LogP contribution in [0.1, 0.15) is 15.9 Å². The summed E-state index contributed by atoms with van der Waals surface area (Å²) < 4.78 is 5.81. The number of carboxylic acid groups (broad SMARTS) is 1. The number of aryl methyl sites for hydroxylation is 1. The molecule has 3 aromatic rings. The Labute approximate surface area is 120 Å². The summed E-state index contributed by atoms with van der Waals surface area (Å²) in [5.41, 5.74) is 1.63. The van der Waals surface area contributed by atoms with Crippen molar-refractivity contribution in [3.8, 4) is 11.6 Å². The van der Waals surface area contributed by atoms with E-state index in [1.807, 2.05) is 30.3 Å². The molecule has 0 saturated heterocycles. The lowest BCUT2D eigenvalue weighted by atomic mass is 10.2. The molecular formula is C16H12N2O3. The highest BCUT2D eigenvalue weighted by Crippen LogP contribution is 2.29. The smallest absolute Gasteiger partial charge is 0.337 e. The summed E-state index contributed by atoms with van der Waals surface area (Å²) in [6, 6.07) is 10.9. The quantitative estimate of drug-likeness (QED) is 0.795. The van der Waals surface area contributed by atoms with Crippen LogP contribution in [0.2, 0.25) is 0 Å². The molecule has 104 valence electrons. The Morgan fingerprint density at radius 2 is 2.05 bits per heavy atom. The lowest BCUT2D eigenvalue weighted by Crippen LogP contribution is -2.00. The van der Waals surface area contributed by atoms with Gasteiger partial charge in [-0.1, -0.05) is 6.07 Å². The van der Waals surface area contributed by atoms with Gasteiger partial charge in [-0.05, 0) is 37.3 Å². The van der Waals surface area contributed by atoms with Crippen LogP contribution < -0.4 is 4.74 Å². The second-order valence-corrected chi connectivity index (χ2v) is 4.58. The van der Waals surface area contributed by atoms with Gasteiger partial charge in [0.1, 0.15) is 5.75 Å². The predicted octanol–water partition coefficient (Wildman–Crippen LogP) is 3.43. The van der Waals surface area contributed by atoms with E-state index in [0.29, 0.717) is 17.2 Å². The molecule has 1 aromatic carbocycles. The van der Waals surface area contributed by atoms with Gasteiger partial charge in [0.05, 0.1) is 11.1 Å². The van der Waals surface area contributed by atoms with Gasteiger partial charge in [-0.25, -0.2) is 9.78 Å². The Hall–Kier alpha value is -2.95. The summed E-state index contributed by atoms with van der Waals surface area (Å²) in [5, 5.41) is 9.82. The van der Waals surface area contributed by atoms with Crippen molar-refractivity contribution in [1.82, 2.24) is 9.97 Å². The van der Waals surface area contributed by atoms with Crippen LogP contribution >= 0.6 is 0 Å². The summed E-state index contributed by atoms with van der Waals surface area (Å²) in [7, 11) is 0. The number of aromatic carboxylic acids is 1. The van der Waals surface area contributed by atoms with E-state index < -0.39 is 5.97 Å². The number of carboxylic acids is 1. The minimum Gasteiger partial charge on any atom is -0.478 e. The number of ether oxygens (including phenoxy) is 1. The minimum atomic E-state index is -1.01. The van der Waals surface area contributed by atoms with Gasteiger partial charge in [0.25, 0.3) is 0 Å². The van der Waals surface area contributed by atoms with Crippen molar-refractivity contribution in [2.75, 3.05) is 0 Å². The van der Waals surface area contributed by atoms with E-state index >= 15 is 0 Å². The van der Waals surface area contributed by atoms with E-state index in [2.05, 4.69) is 9.97 Å². The summed E-state index contributed by atoms with van der Waals surface area (Å²) in [5.74, 6) is 0.0159.